The summed E-state index contributed by atoms with van der Waals surface area (Å²) in [6, 6.07) is 0. The van der Waals surface area contributed by atoms with E-state index in [1.165, 1.54) is 12.2 Å². The highest BCUT2D eigenvalue weighted by Crippen LogP contribution is 2.01. The van der Waals surface area contributed by atoms with Crippen LogP contribution in [0.25, 0.3) is 0 Å². The molecule has 1 nitrogen and oxygen atoms in total. The predicted molar refractivity (Wildman–Crippen MR) is 35.9 cm³/mol. The van der Waals surface area contributed by atoms with Crippen molar-refractivity contribution in [2.24, 2.45) is 0 Å². The van der Waals surface area contributed by atoms with E-state index in [0.29, 0.717) is 5.03 Å². The highest BCUT2D eigenvalue weighted by Gasteiger charge is 1.81. The summed E-state index contributed by atoms with van der Waals surface area (Å²) in [7, 11) is 0. The highest BCUT2D eigenvalue weighted by molar-refractivity contribution is 6.30. The molecule has 0 amide bonds. The molecule has 0 rings (SSSR count). The summed E-state index contributed by atoms with van der Waals surface area (Å²) in [6.45, 7) is 6.62. The van der Waals surface area contributed by atoms with Crippen molar-refractivity contribution in [3.63, 3.8) is 0 Å². The molecule has 1 N–H and O–H groups in total. The van der Waals surface area contributed by atoms with Gasteiger partial charge in [-0.15, -0.1) is 0 Å². The molecule has 0 aromatic heterocycles. The van der Waals surface area contributed by atoms with Gasteiger partial charge in [-0.05, 0) is 12.2 Å². The topological polar surface area (TPSA) is 20.2 Å². The molecule has 0 radical (unpaired) electrons. The van der Waals surface area contributed by atoms with Crippen LogP contribution in [0.2, 0.25) is 0 Å². The normalized spacial score (nSPS) is 10.9. The van der Waals surface area contributed by atoms with Crippen LogP contribution < -0.4 is 0 Å². The molecule has 0 atom stereocenters. The van der Waals surface area contributed by atoms with Crippen LogP contribution in [0.1, 0.15) is 0 Å². The predicted octanol–water partition coefficient (Wildman–Crippen LogP) is 2.37. The van der Waals surface area contributed by atoms with Crippen LogP contribution >= 0.6 is 11.6 Å². The Morgan fingerprint density at radius 1 is 1.62 bits per heavy atom. The quantitative estimate of drug-likeness (QED) is 0.450. The van der Waals surface area contributed by atoms with Gasteiger partial charge in [-0.1, -0.05) is 24.8 Å². The lowest BCUT2D eigenvalue weighted by Gasteiger charge is -1.85. The van der Waals surface area contributed by atoms with Gasteiger partial charge in [-0.25, -0.2) is 0 Å². The van der Waals surface area contributed by atoms with Crippen molar-refractivity contribution >= 4 is 11.6 Å². The molecule has 0 aromatic carbocycles. The zero-order valence-corrected chi connectivity index (χ0v) is 5.15. The molecule has 0 aliphatic carbocycles. The van der Waals surface area contributed by atoms with Crippen LogP contribution in [-0.4, -0.2) is 5.11 Å². The molecule has 0 heterocycles. The van der Waals surface area contributed by atoms with E-state index in [2.05, 4.69) is 13.2 Å². The first-order valence-electron chi connectivity index (χ1n) is 2.04. The Balaban J connectivity index is 3.94. The van der Waals surface area contributed by atoms with E-state index in [1.54, 1.807) is 0 Å². The van der Waals surface area contributed by atoms with E-state index in [1.807, 2.05) is 0 Å². The zero-order valence-electron chi connectivity index (χ0n) is 4.39. The Kier molecular flexibility index (Phi) is 3.04. The minimum absolute atomic E-state index is 0.0324. The van der Waals surface area contributed by atoms with Crippen molar-refractivity contribution in [3.8, 4) is 0 Å². The molecule has 44 valence electrons. The summed E-state index contributed by atoms with van der Waals surface area (Å²) in [5.41, 5.74) is 0. The lowest BCUT2D eigenvalue weighted by Crippen LogP contribution is -1.69. The third kappa shape index (κ3) is 3.50. The van der Waals surface area contributed by atoms with Crippen molar-refractivity contribution in [1.82, 2.24) is 0 Å². The number of hydrogen-bond acceptors (Lipinski definition) is 1. The van der Waals surface area contributed by atoms with Crippen LogP contribution in [0, 0.1) is 0 Å². The number of rotatable bonds is 2. The molecule has 0 bridgehead atoms. The molecule has 0 fully saturated rings. The summed E-state index contributed by atoms with van der Waals surface area (Å²) in [5.74, 6) is 0.0324. The Labute approximate surface area is 53.6 Å². The molecule has 2 heteroatoms. The number of hydrogen-bond donors (Lipinski definition) is 1. The molecule has 8 heavy (non-hydrogen) atoms. The van der Waals surface area contributed by atoms with Gasteiger partial charge in [-0.3, -0.25) is 0 Å². The molecule has 0 aliphatic heterocycles. The minimum Gasteiger partial charge on any atom is -0.508 e. The third-order valence-corrected chi connectivity index (χ3v) is 0.623. The first kappa shape index (κ1) is 7.31. The average Bonchev–Trinajstić information content (AvgIpc) is 1.65. The summed E-state index contributed by atoms with van der Waals surface area (Å²) < 4.78 is 0. The Bertz CT molecular complexity index is 135. The summed E-state index contributed by atoms with van der Waals surface area (Å²) in [4.78, 5) is 0. The molecular weight excluding hydrogens is 124 g/mol. The van der Waals surface area contributed by atoms with Crippen LogP contribution in [-0.2, 0) is 0 Å². The van der Waals surface area contributed by atoms with Gasteiger partial charge in [-0.2, -0.15) is 0 Å². The summed E-state index contributed by atoms with van der Waals surface area (Å²) >= 11 is 5.27. The largest absolute Gasteiger partial charge is 0.508 e. The first-order valence-corrected chi connectivity index (χ1v) is 2.42. The van der Waals surface area contributed by atoms with Gasteiger partial charge in [0.2, 0.25) is 0 Å². The zero-order chi connectivity index (χ0) is 6.57. The van der Waals surface area contributed by atoms with Gasteiger partial charge < -0.3 is 5.11 Å². The Morgan fingerprint density at radius 2 is 2.12 bits per heavy atom. The van der Waals surface area contributed by atoms with Crippen molar-refractivity contribution in [1.29, 1.82) is 0 Å². The monoisotopic (exact) mass is 130 g/mol. The van der Waals surface area contributed by atoms with Crippen LogP contribution in [0.15, 0.2) is 36.1 Å². The first-order chi connectivity index (χ1) is 3.66. The van der Waals surface area contributed by atoms with Gasteiger partial charge in [0.15, 0.2) is 0 Å². The van der Waals surface area contributed by atoms with Crippen molar-refractivity contribution in [2.75, 3.05) is 0 Å². The average molecular weight is 131 g/mol. The SMILES string of the molecule is C=C/C(O)=C\C(=C)Cl. The second-order valence-corrected chi connectivity index (χ2v) is 1.71. The van der Waals surface area contributed by atoms with Crippen molar-refractivity contribution in [2.45, 2.75) is 0 Å². The number of allylic oxidation sites excluding steroid dienone is 3. The minimum atomic E-state index is 0.0324. The van der Waals surface area contributed by atoms with Gasteiger partial charge in [0, 0.05) is 5.03 Å². The van der Waals surface area contributed by atoms with Crippen molar-refractivity contribution in [3.05, 3.63) is 36.1 Å². The maximum Gasteiger partial charge on any atom is 0.116 e. The van der Waals surface area contributed by atoms with Crippen LogP contribution in [0.5, 0.6) is 0 Å². The van der Waals surface area contributed by atoms with Crippen LogP contribution in [0.3, 0.4) is 0 Å². The third-order valence-electron chi connectivity index (χ3n) is 0.514. The lowest BCUT2D eigenvalue weighted by molar-refractivity contribution is 0.433. The molecule has 0 aliphatic rings. The van der Waals surface area contributed by atoms with E-state index < -0.39 is 0 Å². The fourth-order valence-electron chi connectivity index (χ4n) is 0.219. The standard InChI is InChI=1S/C6H7ClO/c1-3-6(8)4-5(2)7/h3-4,8H,1-2H2/b6-4+. The van der Waals surface area contributed by atoms with E-state index in [-0.39, 0.29) is 5.76 Å². The molecule has 0 saturated carbocycles. The van der Waals surface area contributed by atoms with Gasteiger partial charge in [0.05, 0.1) is 0 Å². The summed E-state index contributed by atoms with van der Waals surface area (Å²) in [6.07, 6.45) is 2.60. The van der Waals surface area contributed by atoms with Gasteiger partial charge in [0.25, 0.3) is 0 Å². The van der Waals surface area contributed by atoms with E-state index in [9.17, 15) is 0 Å². The fourth-order valence-corrected chi connectivity index (χ4v) is 0.331. The van der Waals surface area contributed by atoms with E-state index in [4.69, 9.17) is 16.7 Å². The Morgan fingerprint density at radius 3 is 2.25 bits per heavy atom. The number of halogens is 1. The summed E-state index contributed by atoms with van der Waals surface area (Å²) in [5, 5.41) is 8.92. The molecule has 0 unspecified atom stereocenters. The molecule has 0 aromatic rings. The molecular formula is C6H7ClO. The van der Waals surface area contributed by atoms with Gasteiger partial charge >= 0.3 is 0 Å². The maximum absolute atomic E-state index is 8.63. The fraction of sp³-hybridized carbons (Fsp3) is 0. The Hall–Kier alpha value is -0.690. The maximum atomic E-state index is 8.63. The van der Waals surface area contributed by atoms with E-state index >= 15 is 0 Å². The second-order valence-electron chi connectivity index (χ2n) is 1.22. The van der Waals surface area contributed by atoms with Gasteiger partial charge in [0.1, 0.15) is 5.76 Å². The lowest BCUT2D eigenvalue weighted by atomic mass is 10.4. The number of aliphatic hydroxyl groups excluding tert-OH is 1. The molecule has 0 spiro atoms. The smallest absolute Gasteiger partial charge is 0.116 e. The highest BCUT2D eigenvalue weighted by atomic mass is 35.5. The number of aliphatic hydroxyl groups is 1. The van der Waals surface area contributed by atoms with Crippen LogP contribution in [0.4, 0.5) is 0 Å². The van der Waals surface area contributed by atoms with E-state index in [0.717, 1.165) is 0 Å². The van der Waals surface area contributed by atoms with Crippen molar-refractivity contribution < 1.29 is 5.11 Å². The second kappa shape index (κ2) is 3.33. The molecule has 0 saturated heterocycles.